The molecule has 0 aliphatic rings. The van der Waals surface area contributed by atoms with Gasteiger partial charge in [0.2, 0.25) is 0 Å². The molecule has 0 heterocycles. The first-order chi connectivity index (χ1) is 16.0. The minimum atomic E-state index is -0.623. The molecule has 0 spiro atoms. The highest BCUT2D eigenvalue weighted by atomic mass is 19.1. The van der Waals surface area contributed by atoms with Gasteiger partial charge in [0.1, 0.15) is 35.3 Å². The number of hydrogen-bond donors (Lipinski definition) is 0. The summed E-state index contributed by atoms with van der Waals surface area (Å²) in [5, 5.41) is 0. The van der Waals surface area contributed by atoms with Gasteiger partial charge in [-0.05, 0) is 78.4 Å². The number of carbonyl (C=O) groups is 2. The Labute approximate surface area is 189 Å². The van der Waals surface area contributed by atoms with Crippen LogP contribution < -0.4 is 9.47 Å². The molecule has 164 valence electrons. The van der Waals surface area contributed by atoms with E-state index in [2.05, 4.69) is 0 Å². The van der Waals surface area contributed by atoms with Crippen molar-refractivity contribution < 1.29 is 27.8 Å². The molecule has 33 heavy (non-hydrogen) atoms. The summed E-state index contributed by atoms with van der Waals surface area (Å²) in [7, 11) is 0. The van der Waals surface area contributed by atoms with Crippen molar-refractivity contribution >= 4 is 11.8 Å². The molecule has 4 rings (SSSR count). The molecule has 4 aromatic rings. The number of carbonyl (C=O) groups excluding carboxylic acids is 2. The van der Waals surface area contributed by atoms with Crippen LogP contribution in [0.15, 0.2) is 97.1 Å². The number of halogens is 2. The van der Waals surface area contributed by atoms with Crippen molar-refractivity contribution in [2.24, 2.45) is 0 Å². The van der Waals surface area contributed by atoms with Crippen molar-refractivity contribution in [3.05, 3.63) is 131 Å². The van der Waals surface area contributed by atoms with E-state index in [0.717, 1.165) is 5.56 Å². The second-order valence-electron chi connectivity index (χ2n) is 7.16. The first-order valence-electron chi connectivity index (χ1n) is 10.1. The lowest BCUT2D eigenvalue weighted by Crippen LogP contribution is -2.11. The van der Waals surface area contributed by atoms with Gasteiger partial charge in [0.15, 0.2) is 5.78 Å². The Hall–Kier alpha value is -4.32. The summed E-state index contributed by atoms with van der Waals surface area (Å²) >= 11 is 0. The van der Waals surface area contributed by atoms with E-state index >= 15 is 0 Å². The Morgan fingerprint density at radius 2 is 1.21 bits per heavy atom. The molecule has 0 amide bonds. The first-order valence-corrected chi connectivity index (χ1v) is 10.1. The first kappa shape index (κ1) is 21.9. The molecule has 0 unspecified atom stereocenters. The van der Waals surface area contributed by atoms with Crippen LogP contribution in [0.25, 0.3) is 0 Å². The second-order valence-corrected chi connectivity index (χ2v) is 7.16. The van der Waals surface area contributed by atoms with Gasteiger partial charge in [0.05, 0.1) is 0 Å². The maximum Gasteiger partial charge on any atom is 0.347 e. The molecule has 0 aromatic heterocycles. The smallest absolute Gasteiger partial charge is 0.347 e. The Bertz CT molecular complexity index is 1270. The lowest BCUT2D eigenvalue weighted by molar-refractivity contribution is 0.0729. The highest BCUT2D eigenvalue weighted by Gasteiger charge is 2.16. The largest absolute Gasteiger partial charge is 0.488 e. The van der Waals surface area contributed by atoms with Gasteiger partial charge < -0.3 is 9.47 Å². The van der Waals surface area contributed by atoms with Crippen LogP contribution in [0.1, 0.15) is 31.8 Å². The topological polar surface area (TPSA) is 52.6 Å². The van der Waals surface area contributed by atoms with E-state index < -0.39 is 11.8 Å². The summed E-state index contributed by atoms with van der Waals surface area (Å²) < 4.78 is 37.3. The molecule has 0 saturated heterocycles. The van der Waals surface area contributed by atoms with E-state index in [4.69, 9.17) is 9.47 Å². The number of esters is 1. The van der Waals surface area contributed by atoms with Crippen molar-refractivity contribution in [2.45, 2.75) is 6.61 Å². The Kier molecular flexibility index (Phi) is 6.55. The predicted octanol–water partition coefficient (Wildman–Crippen LogP) is 5.99. The third-order valence-electron chi connectivity index (χ3n) is 4.85. The Balaban J connectivity index is 1.43. The molecule has 4 nitrogen and oxygen atoms in total. The van der Waals surface area contributed by atoms with Crippen LogP contribution in [0.4, 0.5) is 8.78 Å². The summed E-state index contributed by atoms with van der Waals surface area (Å²) in [5.74, 6) is -1.07. The average Bonchev–Trinajstić information content (AvgIpc) is 2.84. The Morgan fingerprint density at radius 3 is 1.85 bits per heavy atom. The average molecular weight is 444 g/mol. The van der Waals surface area contributed by atoms with Crippen LogP contribution in [0, 0.1) is 11.6 Å². The molecule has 0 fully saturated rings. The lowest BCUT2D eigenvalue weighted by atomic mass is 10.0. The van der Waals surface area contributed by atoms with Crippen LogP contribution in [0.3, 0.4) is 0 Å². The van der Waals surface area contributed by atoms with Gasteiger partial charge in [-0.2, -0.15) is 0 Å². The monoisotopic (exact) mass is 444 g/mol. The van der Waals surface area contributed by atoms with Crippen LogP contribution >= 0.6 is 0 Å². The predicted molar refractivity (Wildman–Crippen MR) is 118 cm³/mol. The van der Waals surface area contributed by atoms with Crippen molar-refractivity contribution in [1.29, 1.82) is 0 Å². The summed E-state index contributed by atoms with van der Waals surface area (Å²) in [4.78, 5) is 25.2. The molecule has 0 saturated carbocycles. The molecule has 4 aromatic carbocycles. The molecule has 0 aliphatic heterocycles. The second kappa shape index (κ2) is 9.87. The zero-order valence-corrected chi connectivity index (χ0v) is 17.3. The summed E-state index contributed by atoms with van der Waals surface area (Å²) in [6.07, 6.45) is 0. The molecule has 0 aliphatic carbocycles. The third-order valence-corrected chi connectivity index (χ3v) is 4.85. The van der Waals surface area contributed by atoms with E-state index in [0.29, 0.717) is 16.9 Å². The van der Waals surface area contributed by atoms with E-state index in [9.17, 15) is 18.4 Å². The molecular formula is C27H18F2O4. The fraction of sp³-hybridized carbons (Fsp3) is 0.0370. The van der Waals surface area contributed by atoms with Gasteiger partial charge in [0, 0.05) is 11.1 Å². The van der Waals surface area contributed by atoms with Gasteiger partial charge in [-0.3, -0.25) is 4.79 Å². The van der Waals surface area contributed by atoms with E-state index in [1.54, 1.807) is 36.4 Å². The van der Waals surface area contributed by atoms with Crippen molar-refractivity contribution in [2.75, 3.05) is 0 Å². The zero-order valence-electron chi connectivity index (χ0n) is 17.3. The standard InChI is InChI=1S/C27H18F2O4/c28-21-11-5-18(6-12-21)17-32-25-4-2-1-3-24(25)27(31)33-23-15-9-20(10-16-23)26(30)19-7-13-22(29)14-8-19/h1-16H,17H2. The SMILES string of the molecule is O=C(c1ccc(F)cc1)c1ccc(OC(=O)c2ccccc2OCc2ccc(F)cc2)cc1. The minimum absolute atomic E-state index is 0.158. The van der Waals surface area contributed by atoms with Crippen LogP contribution in [-0.2, 0) is 6.61 Å². The third kappa shape index (κ3) is 5.49. The maximum atomic E-state index is 13.1. The molecule has 0 bridgehead atoms. The maximum absolute atomic E-state index is 13.1. The lowest BCUT2D eigenvalue weighted by Gasteiger charge is -2.11. The number of ketones is 1. The fourth-order valence-corrected chi connectivity index (χ4v) is 3.11. The van der Waals surface area contributed by atoms with Crippen LogP contribution in [0.5, 0.6) is 11.5 Å². The zero-order chi connectivity index (χ0) is 23.2. The number of hydrogen-bond acceptors (Lipinski definition) is 4. The highest BCUT2D eigenvalue weighted by molar-refractivity contribution is 6.09. The number of rotatable bonds is 7. The van der Waals surface area contributed by atoms with Crippen molar-refractivity contribution in [3.8, 4) is 11.5 Å². The van der Waals surface area contributed by atoms with E-state index in [-0.39, 0.29) is 29.5 Å². The minimum Gasteiger partial charge on any atom is -0.488 e. The molecule has 0 N–H and O–H groups in total. The molecular weight excluding hydrogens is 426 g/mol. The van der Waals surface area contributed by atoms with Crippen molar-refractivity contribution in [1.82, 2.24) is 0 Å². The number of ether oxygens (including phenoxy) is 2. The number of para-hydroxylation sites is 1. The quantitative estimate of drug-likeness (QED) is 0.200. The van der Waals surface area contributed by atoms with Gasteiger partial charge in [0.25, 0.3) is 0 Å². The molecule has 0 atom stereocenters. The van der Waals surface area contributed by atoms with Gasteiger partial charge >= 0.3 is 5.97 Å². The highest BCUT2D eigenvalue weighted by Crippen LogP contribution is 2.23. The summed E-state index contributed by atoms with van der Waals surface area (Å²) in [5.41, 5.74) is 1.71. The fourth-order valence-electron chi connectivity index (χ4n) is 3.11. The van der Waals surface area contributed by atoms with Crippen LogP contribution in [-0.4, -0.2) is 11.8 Å². The molecule has 6 heteroatoms. The number of benzene rings is 4. The molecule has 0 radical (unpaired) electrons. The van der Waals surface area contributed by atoms with E-state index in [1.807, 2.05) is 0 Å². The van der Waals surface area contributed by atoms with Gasteiger partial charge in [-0.25, -0.2) is 13.6 Å². The van der Waals surface area contributed by atoms with E-state index in [1.165, 1.54) is 60.7 Å². The summed E-state index contributed by atoms with van der Waals surface area (Å²) in [6, 6.07) is 23.9. The normalized spacial score (nSPS) is 10.5. The van der Waals surface area contributed by atoms with Gasteiger partial charge in [-0.1, -0.05) is 24.3 Å². The van der Waals surface area contributed by atoms with Gasteiger partial charge in [-0.15, -0.1) is 0 Å². The van der Waals surface area contributed by atoms with Crippen molar-refractivity contribution in [3.63, 3.8) is 0 Å². The Morgan fingerprint density at radius 1 is 0.667 bits per heavy atom. The summed E-state index contributed by atoms with van der Waals surface area (Å²) in [6.45, 7) is 0.158. The van der Waals surface area contributed by atoms with Crippen LogP contribution in [0.2, 0.25) is 0 Å².